The summed E-state index contributed by atoms with van der Waals surface area (Å²) in [5.74, 6) is -0.971. The van der Waals surface area contributed by atoms with Crippen LogP contribution in [0, 0.1) is 14.3 Å². The zero-order chi connectivity index (χ0) is 21.9. The number of phenolic OH excluding ortho intramolecular Hbond substituents is 2. The van der Waals surface area contributed by atoms with E-state index >= 15 is 0 Å². The second kappa shape index (κ2) is 8.51. The van der Waals surface area contributed by atoms with E-state index in [2.05, 4.69) is 0 Å². The quantitative estimate of drug-likeness (QED) is 0.109. The number of hydrogen-bond acceptors (Lipinski definition) is 3. The van der Waals surface area contributed by atoms with E-state index in [1.165, 1.54) is 6.07 Å². The van der Waals surface area contributed by atoms with E-state index in [0.29, 0.717) is 47.3 Å². The summed E-state index contributed by atoms with van der Waals surface area (Å²) in [4.78, 5) is 12.0. The van der Waals surface area contributed by atoms with Gasteiger partial charge in [0.15, 0.2) is 18.6 Å². The first-order valence-electron chi connectivity index (χ1n) is 8.13. The number of aromatic carboxylic acids is 1. The molecule has 0 radical (unpaired) electrons. The van der Waals surface area contributed by atoms with E-state index in [0.717, 1.165) is 0 Å². The summed E-state index contributed by atoms with van der Waals surface area (Å²) >= 11 is 14.5. The molecule has 0 aliphatic heterocycles. The second-order valence-corrected chi connectivity index (χ2v) is 11.1. The van der Waals surface area contributed by atoms with Crippen LogP contribution in [0.2, 0.25) is 5.02 Å². The van der Waals surface area contributed by atoms with Crippen molar-refractivity contribution >= 4 is 130 Å². The van der Waals surface area contributed by atoms with Crippen LogP contribution in [0.3, 0.4) is 0 Å². The van der Waals surface area contributed by atoms with Crippen LogP contribution in [0.25, 0.3) is 33.1 Å². The fourth-order valence-electron chi connectivity index (χ4n) is 3.23. The van der Waals surface area contributed by atoms with Gasteiger partial charge in [-0.1, -0.05) is 17.7 Å². The van der Waals surface area contributed by atoms with Crippen LogP contribution < -0.4 is 0 Å². The molecule has 1 aromatic heterocycles. The summed E-state index contributed by atoms with van der Waals surface area (Å²) in [6.45, 7) is 0. The molecular weight excluding hydrogens is 863 g/mol. The first-order valence-corrected chi connectivity index (χ1v) is 12.8. The normalized spacial score (nSPS) is 11.4. The van der Waals surface area contributed by atoms with Crippen molar-refractivity contribution in [1.82, 2.24) is 0 Å². The molecule has 3 aromatic carbocycles. The molecule has 30 heavy (non-hydrogen) atoms. The van der Waals surface area contributed by atoms with Crippen molar-refractivity contribution in [3.63, 3.8) is 0 Å². The summed E-state index contributed by atoms with van der Waals surface area (Å²) < 4.78 is 8.29. The lowest BCUT2D eigenvalue weighted by Gasteiger charge is -2.13. The average Bonchev–Trinajstić information content (AvgIpc) is 2.70. The molecule has 4 rings (SSSR count). The molecule has 0 fully saturated rings. The Kier molecular flexibility index (Phi) is 6.47. The van der Waals surface area contributed by atoms with Gasteiger partial charge in [-0.3, -0.25) is 0 Å². The summed E-state index contributed by atoms with van der Waals surface area (Å²) in [7, 11) is 0. The Hall–Kier alpha value is -0.390. The Morgan fingerprint density at radius 3 is 1.83 bits per heavy atom. The number of aromatic hydroxyl groups is 2. The topological polar surface area (TPSA) is 89.1 Å². The van der Waals surface area contributed by atoms with Gasteiger partial charge in [0.25, 0.3) is 0 Å². The van der Waals surface area contributed by atoms with Gasteiger partial charge in [-0.2, -0.15) is 0 Å². The molecule has 1 heterocycles. The molecule has 0 spiro atoms. The molecule has 0 aliphatic rings. The van der Waals surface area contributed by atoms with Gasteiger partial charge in [0.2, 0.25) is 0 Å². The van der Waals surface area contributed by atoms with Crippen molar-refractivity contribution in [3.8, 4) is 22.6 Å². The number of rotatable bonds is 2. The van der Waals surface area contributed by atoms with Crippen LogP contribution in [0.1, 0.15) is 10.4 Å². The van der Waals surface area contributed by atoms with E-state index in [1.54, 1.807) is 24.3 Å². The maximum atomic E-state index is 12.0. The highest BCUT2D eigenvalue weighted by Crippen LogP contribution is 2.47. The van der Waals surface area contributed by atoms with Crippen molar-refractivity contribution in [2.24, 2.45) is 0 Å². The van der Waals surface area contributed by atoms with E-state index in [9.17, 15) is 20.1 Å². The summed E-state index contributed by atoms with van der Waals surface area (Å²) in [5, 5.41) is 32.2. The zero-order valence-corrected chi connectivity index (χ0v) is 23.8. The van der Waals surface area contributed by atoms with Crippen molar-refractivity contribution in [3.05, 3.63) is 55.2 Å². The van der Waals surface area contributed by atoms with E-state index in [4.69, 9.17) is 16.0 Å². The van der Waals surface area contributed by atoms with Gasteiger partial charge in [-0.15, -0.1) is 0 Å². The third-order valence-electron chi connectivity index (χ3n) is 4.54. The monoisotopic (exact) mass is 871 g/mol. The molecule has 0 bridgehead atoms. The molecule has 0 aliphatic carbocycles. The summed E-state index contributed by atoms with van der Waals surface area (Å²) in [5.41, 5.74) is 1.73. The third kappa shape index (κ3) is 3.61. The zero-order valence-electron chi connectivity index (χ0n) is 14.4. The molecule has 0 atom stereocenters. The minimum absolute atomic E-state index is 0.0486. The van der Waals surface area contributed by atoms with Crippen molar-refractivity contribution < 1.29 is 24.5 Å². The van der Waals surface area contributed by atoms with Gasteiger partial charge in [0.05, 0.1) is 23.5 Å². The smallest absolute Gasteiger partial charge is 0.378 e. The fourth-order valence-corrected chi connectivity index (χ4v) is 7.07. The molecule has 0 amide bonds. The van der Waals surface area contributed by atoms with E-state index in [-0.39, 0.29) is 22.1 Å². The SMILES string of the molecule is O=C(O)c1cccc(Cl)c1-c1c2cc(I)c(O)c(I)c2[o+]c2c(I)c(O)c(I)cc12. The van der Waals surface area contributed by atoms with Gasteiger partial charge in [-0.05, 0) is 115 Å². The Morgan fingerprint density at radius 1 is 0.867 bits per heavy atom. The number of carbonyl (C=O) groups is 1. The number of hydrogen-bond donors (Lipinski definition) is 3. The highest BCUT2D eigenvalue weighted by atomic mass is 127. The highest BCUT2D eigenvalue weighted by Gasteiger charge is 2.31. The van der Waals surface area contributed by atoms with Gasteiger partial charge in [-0.25, -0.2) is 9.21 Å². The standard InChI is InChI=1S/C20H7ClI4O5/c21-9-3-1-2-6(20(28)29)13(9)12-7-4-10(22)16(26)14(24)18(7)30-19-8(12)5-11(23)17(27)15(19)25/h1-5H,(H2-,26,27,28,29)/p+1. The van der Waals surface area contributed by atoms with Gasteiger partial charge >= 0.3 is 17.1 Å². The van der Waals surface area contributed by atoms with Crippen LogP contribution >= 0.6 is 102 Å². The third-order valence-corrected chi connectivity index (χ3v) is 8.50. The highest BCUT2D eigenvalue weighted by molar-refractivity contribution is 14.1. The largest absolute Gasteiger partial charge is 0.505 e. The lowest BCUT2D eigenvalue weighted by Crippen LogP contribution is -2.02. The molecular formula is C20H8ClI4O5+. The number of halogens is 5. The Balaban J connectivity index is 2.38. The molecule has 3 N–H and O–H groups in total. The lowest BCUT2D eigenvalue weighted by atomic mass is 9.93. The number of fused-ring (bicyclic) bond motifs is 2. The van der Waals surface area contributed by atoms with Gasteiger partial charge < -0.3 is 15.3 Å². The molecule has 0 saturated carbocycles. The minimum atomic E-state index is -1.11. The predicted octanol–water partition coefficient (Wildman–Crippen LogP) is 7.72. The molecule has 4 aromatic rings. The van der Waals surface area contributed by atoms with E-state index < -0.39 is 5.97 Å². The van der Waals surface area contributed by atoms with Gasteiger partial charge in [0.1, 0.15) is 0 Å². The van der Waals surface area contributed by atoms with Crippen molar-refractivity contribution in [2.45, 2.75) is 0 Å². The molecule has 5 nitrogen and oxygen atoms in total. The van der Waals surface area contributed by atoms with Crippen molar-refractivity contribution in [2.75, 3.05) is 0 Å². The van der Waals surface area contributed by atoms with E-state index in [1.807, 2.05) is 90.4 Å². The lowest BCUT2D eigenvalue weighted by molar-refractivity contribution is 0.0697. The predicted molar refractivity (Wildman–Crippen MR) is 150 cm³/mol. The number of phenols is 2. The molecule has 152 valence electrons. The Bertz CT molecular complexity index is 1330. The first kappa shape index (κ1) is 22.8. The number of carboxylic acids is 1. The summed E-state index contributed by atoms with van der Waals surface area (Å²) in [6.07, 6.45) is 0. The minimum Gasteiger partial charge on any atom is -0.505 e. The number of carboxylic acid groups (broad SMARTS) is 1. The maximum Gasteiger partial charge on any atom is 0.378 e. The van der Waals surface area contributed by atoms with Crippen molar-refractivity contribution in [1.29, 1.82) is 0 Å². The fraction of sp³-hybridized carbons (Fsp3) is 0. The Morgan fingerprint density at radius 2 is 1.37 bits per heavy atom. The molecule has 10 heteroatoms. The van der Waals surface area contributed by atoms with Gasteiger partial charge in [0, 0.05) is 16.1 Å². The summed E-state index contributed by atoms with van der Waals surface area (Å²) in [6, 6.07) is 8.21. The van der Waals surface area contributed by atoms with Crippen LogP contribution in [0.4, 0.5) is 0 Å². The number of benzene rings is 3. The molecule has 0 saturated heterocycles. The van der Waals surface area contributed by atoms with Crippen LogP contribution in [-0.4, -0.2) is 21.3 Å². The second-order valence-electron chi connectivity index (χ2n) is 6.24. The van der Waals surface area contributed by atoms with Crippen LogP contribution in [0.15, 0.2) is 34.7 Å². The Labute approximate surface area is 229 Å². The van der Waals surface area contributed by atoms with Crippen LogP contribution in [0.5, 0.6) is 11.5 Å². The first-order chi connectivity index (χ1) is 14.1. The maximum absolute atomic E-state index is 12.0. The average molecular weight is 871 g/mol. The van der Waals surface area contributed by atoms with Crippen LogP contribution in [-0.2, 0) is 0 Å². The molecule has 0 unspecified atom stereocenters.